The highest BCUT2D eigenvalue weighted by molar-refractivity contribution is 5.76. The fourth-order valence-corrected chi connectivity index (χ4v) is 1.97. The van der Waals surface area contributed by atoms with Crippen molar-refractivity contribution in [3.8, 4) is 0 Å². The molecule has 0 aliphatic carbocycles. The molecule has 1 saturated heterocycles. The highest BCUT2D eigenvalue weighted by Gasteiger charge is 2.17. The smallest absolute Gasteiger partial charge is 0.220 e. The molecule has 1 unspecified atom stereocenters. The SMILES string of the molecule is Cn1ccnc1CNC(=O)CC1CCNC1. The first-order chi connectivity index (χ1) is 7.75. The topological polar surface area (TPSA) is 59.0 Å². The van der Waals surface area contributed by atoms with E-state index >= 15 is 0 Å². The van der Waals surface area contributed by atoms with Crippen LogP contribution in [-0.2, 0) is 18.4 Å². The van der Waals surface area contributed by atoms with Crippen molar-refractivity contribution >= 4 is 5.91 Å². The maximum atomic E-state index is 11.6. The van der Waals surface area contributed by atoms with Crippen LogP contribution < -0.4 is 10.6 Å². The van der Waals surface area contributed by atoms with Crippen LogP contribution in [0, 0.1) is 5.92 Å². The molecular formula is C11H18N4O. The minimum absolute atomic E-state index is 0.122. The van der Waals surface area contributed by atoms with E-state index in [0.717, 1.165) is 25.3 Å². The minimum atomic E-state index is 0.122. The molecule has 88 valence electrons. The highest BCUT2D eigenvalue weighted by atomic mass is 16.1. The Morgan fingerprint density at radius 2 is 2.62 bits per heavy atom. The molecule has 1 aromatic rings. The van der Waals surface area contributed by atoms with E-state index in [4.69, 9.17) is 0 Å². The lowest BCUT2D eigenvalue weighted by Crippen LogP contribution is -2.27. The summed E-state index contributed by atoms with van der Waals surface area (Å²) in [7, 11) is 1.93. The summed E-state index contributed by atoms with van der Waals surface area (Å²) in [6.45, 7) is 2.52. The summed E-state index contributed by atoms with van der Waals surface area (Å²) < 4.78 is 1.91. The highest BCUT2D eigenvalue weighted by Crippen LogP contribution is 2.11. The van der Waals surface area contributed by atoms with Crippen LogP contribution in [0.25, 0.3) is 0 Å². The van der Waals surface area contributed by atoms with Crippen molar-refractivity contribution < 1.29 is 4.79 Å². The maximum absolute atomic E-state index is 11.6. The number of carbonyl (C=O) groups is 1. The second-order valence-electron chi connectivity index (χ2n) is 4.29. The summed E-state index contributed by atoms with van der Waals surface area (Å²) in [5, 5.41) is 6.16. The molecule has 0 saturated carbocycles. The van der Waals surface area contributed by atoms with E-state index in [1.807, 2.05) is 17.8 Å². The fraction of sp³-hybridized carbons (Fsp3) is 0.636. The van der Waals surface area contributed by atoms with E-state index in [9.17, 15) is 4.79 Å². The molecule has 1 atom stereocenters. The summed E-state index contributed by atoms with van der Waals surface area (Å²) in [6, 6.07) is 0. The molecule has 1 fully saturated rings. The second-order valence-corrected chi connectivity index (χ2v) is 4.29. The van der Waals surface area contributed by atoms with Crippen LogP contribution >= 0.6 is 0 Å². The molecule has 0 spiro atoms. The lowest BCUT2D eigenvalue weighted by atomic mass is 10.0. The van der Waals surface area contributed by atoms with Gasteiger partial charge in [0, 0.05) is 25.9 Å². The van der Waals surface area contributed by atoms with Gasteiger partial charge in [0.25, 0.3) is 0 Å². The van der Waals surface area contributed by atoms with Crippen molar-refractivity contribution in [2.24, 2.45) is 13.0 Å². The first-order valence-corrected chi connectivity index (χ1v) is 5.69. The van der Waals surface area contributed by atoms with E-state index in [1.54, 1.807) is 6.20 Å². The maximum Gasteiger partial charge on any atom is 0.220 e. The van der Waals surface area contributed by atoms with Crippen LogP contribution in [0.2, 0.25) is 0 Å². The predicted molar refractivity (Wildman–Crippen MR) is 60.6 cm³/mol. The molecule has 0 bridgehead atoms. The predicted octanol–water partition coefficient (Wildman–Crippen LogP) is 0.0359. The number of nitrogens with one attached hydrogen (secondary N) is 2. The number of aryl methyl sites for hydroxylation is 1. The van der Waals surface area contributed by atoms with Crippen molar-refractivity contribution in [1.29, 1.82) is 0 Å². The zero-order chi connectivity index (χ0) is 11.4. The van der Waals surface area contributed by atoms with Crippen LogP contribution in [0.1, 0.15) is 18.7 Å². The van der Waals surface area contributed by atoms with Gasteiger partial charge >= 0.3 is 0 Å². The molecule has 1 aromatic heterocycles. The van der Waals surface area contributed by atoms with Gasteiger partial charge in [-0.15, -0.1) is 0 Å². The largest absolute Gasteiger partial charge is 0.349 e. The van der Waals surface area contributed by atoms with Gasteiger partial charge < -0.3 is 15.2 Å². The number of carbonyl (C=O) groups excluding carboxylic acids is 1. The lowest BCUT2D eigenvalue weighted by Gasteiger charge is -2.08. The quantitative estimate of drug-likeness (QED) is 0.756. The Labute approximate surface area is 95.2 Å². The summed E-state index contributed by atoms with van der Waals surface area (Å²) in [5.41, 5.74) is 0. The number of hydrogen-bond donors (Lipinski definition) is 2. The molecule has 0 radical (unpaired) electrons. The molecule has 5 nitrogen and oxygen atoms in total. The summed E-state index contributed by atoms with van der Waals surface area (Å²) in [5.74, 6) is 1.51. The third-order valence-electron chi connectivity index (χ3n) is 3.00. The van der Waals surface area contributed by atoms with Crippen LogP contribution in [0.5, 0.6) is 0 Å². The third-order valence-corrected chi connectivity index (χ3v) is 3.00. The minimum Gasteiger partial charge on any atom is -0.349 e. The Bertz CT molecular complexity index is 355. The zero-order valence-corrected chi connectivity index (χ0v) is 9.57. The molecule has 1 amide bonds. The van der Waals surface area contributed by atoms with Gasteiger partial charge in [-0.3, -0.25) is 4.79 Å². The second kappa shape index (κ2) is 5.12. The van der Waals surface area contributed by atoms with Crippen LogP contribution in [-0.4, -0.2) is 28.5 Å². The van der Waals surface area contributed by atoms with E-state index in [-0.39, 0.29) is 5.91 Å². The van der Waals surface area contributed by atoms with E-state index in [1.165, 1.54) is 0 Å². The van der Waals surface area contributed by atoms with Gasteiger partial charge in [0.2, 0.25) is 5.91 Å². The monoisotopic (exact) mass is 222 g/mol. The third kappa shape index (κ3) is 2.82. The standard InChI is InChI=1S/C11H18N4O/c1-15-5-4-13-10(15)8-14-11(16)6-9-2-3-12-7-9/h4-5,9,12H,2-3,6-8H2,1H3,(H,14,16). The van der Waals surface area contributed by atoms with Gasteiger partial charge in [-0.2, -0.15) is 0 Å². The first-order valence-electron chi connectivity index (χ1n) is 5.69. The molecular weight excluding hydrogens is 204 g/mol. The molecule has 2 heterocycles. The summed E-state index contributed by atoms with van der Waals surface area (Å²) >= 11 is 0. The molecule has 2 N–H and O–H groups in total. The van der Waals surface area contributed by atoms with Crippen molar-refractivity contribution in [2.45, 2.75) is 19.4 Å². The Morgan fingerprint density at radius 1 is 1.75 bits per heavy atom. The molecule has 2 rings (SSSR count). The number of aromatic nitrogens is 2. The average Bonchev–Trinajstić information content (AvgIpc) is 2.87. The molecule has 1 aliphatic rings. The van der Waals surface area contributed by atoms with Crippen molar-refractivity contribution in [1.82, 2.24) is 20.2 Å². The summed E-state index contributed by atoms with van der Waals surface area (Å²) in [4.78, 5) is 15.8. The number of imidazole rings is 1. The van der Waals surface area contributed by atoms with Crippen LogP contribution in [0.4, 0.5) is 0 Å². The van der Waals surface area contributed by atoms with Crippen molar-refractivity contribution in [3.05, 3.63) is 18.2 Å². The van der Waals surface area contributed by atoms with Gasteiger partial charge in [0.05, 0.1) is 6.54 Å². The fourth-order valence-electron chi connectivity index (χ4n) is 1.97. The number of amides is 1. The summed E-state index contributed by atoms with van der Waals surface area (Å²) in [6.07, 6.45) is 5.35. The van der Waals surface area contributed by atoms with Crippen LogP contribution in [0.15, 0.2) is 12.4 Å². The molecule has 1 aliphatic heterocycles. The number of nitrogens with zero attached hydrogens (tertiary/aromatic N) is 2. The van der Waals surface area contributed by atoms with E-state index in [2.05, 4.69) is 15.6 Å². The van der Waals surface area contributed by atoms with Gasteiger partial charge in [-0.05, 0) is 25.4 Å². The Hall–Kier alpha value is -1.36. The zero-order valence-electron chi connectivity index (χ0n) is 9.57. The molecule has 16 heavy (non-hydrogen) atoms. The Balaban J connectivity index is 1.73. The lowest BCUT2D eigenvalue weighted by molar-refractivity contribution is -0.122. The number of rotatable bonds is 4. The normalized spacial score (nSPS) is 19.9. The average molecular weight is 222 g/mol. The van der Waals surface area contributed by atoms with Crippen molar-refractivity contribution in [2.75, 3.05) is 13.1 Å². The molecule has 0 aromatic carbocycles. The van der Waals surface area contributed by atoms with Crippen LogP contribution in [0.3, 0.4) is 0 Å². The van der Waals surface area contributed by atoms with E-state index < -0.39 is 0 Å². The number of hydrogen-bond acceptors (Lipinski definition) is 3. The van der Waals surface area contributed by atoms with Crippen molar-refractivity contribution in [3.63, 3.8) is 0 Å². The first kappa shape index (κ1) is 11.1. The van der Waals surface area contributed by atoms with Gasteiger partial charge in [-0.1, -0.05) is 0 Å². The van der Waals surface area contributed by atoms with Gasteiger partial charge in [0.15, 0.2) is 0 Å². The Morgan fingerprint density at radius 3 is 3.25 bits per heavy atom. The Kier molecular flexibility index (Phi) is 3.56. The van der Waals surface area contributed by atoms with Gasteiger partial charge in [0.1, 0.15) is 5.82 Å². The van der Waals surface area contributed by atoms with Gasteiger partial charge in [-0.25, -0.2) is 4.98 Å². The molecule has 5 heteroatoms. The van der Waals surface area contributed by atoms with E-state index in [0.29, 0.717) is 18.9 Å².